The van der Waals surface area contributed by atoms with Gasteiger partial charge in [-0.2, -0.15) is 0 Å². The zero-order valence-corrected chi connectivity index (χ0v) is 17.3. The van der Waals surface area contributed by atoms with E-state index >= 15 is 0 Å². The second kappa shape index (κ2) is 11.0. The van der Waals surface area contributed by atoms with Crippen molar-refractivity contribution in [2.75, 3.05) is 0 Å². The Morgan fingerprint density at radius 1 is 0.806 bits per heavy atom. The van der Waals surface area contributed by atoms with Gasteiger partial charge in [-0.05, 0) is 73.2 Å². The van der Waals surface area contributed by atoms with E-state index < -0.39 is 0 Å². The van der Waals surface area contributed by atoms with Crippen molar-refractivity contribution in [1.29, 1.82) is 0 Å². The number of Topliss-reactive ketones (excluding diaryl/α,β-unsaturated/α-hetero) is 2. The van der Waals surface area contributed by atoms with Gasteiger partial charge in [-0.1, -0.05) is 21.3 Å². The van der Waals surface area contributed by atoms with Crippen LogP contribution in [0.4, 0.5) is 8.78 Å². The largest absolute Gasteiger partial charge is 0.482 e. The van der Waals surface area contributed by atoms with Crippen LogP contribution in [0.15, 0.2) is 36.4 Å². The number of halogens is 2. The summed E-state index contributed by atoms with van der Waals surface area (Å²) in [6.07, 6.45) is 3.03. The maximum atomic E-state index is 12.9. The highest BCUT2D eigenvalue weighted by molar-refractivity contribution is 5.83. The molecule has 0 radical (unpaired) electrons. The monoisotopic (exact) mass is 432 g/mol. The Hall–Kier alpha value is -2.76. The van der Waals surface area contributed by atoms with Gasteiger partial charge in [-0.15, -0.1) is 0 Å². The molecule has 0 unspecified atom stereocenters. The zero-order valence-electron chi connectivity index (χ0n) is 17.3. The maximum Gasteiger partial charge on any atom is 0.173 e. The first kappa shape index (κ1) is 24.5. The van der Waals surface area contributed by atoms with E-state index in [4.69, 9.17) is 9.47 Å². The fourth-order valence-electron chi connectivity index (χ4n) is 3.62. The molecule has 6 heteroatoms. The number of carbonyl (C=O) groups excluding carboxylic acids is 2. The molecule has 31 heavy (non-hydrogen) atoms. The Kier molecular flexibility index (Phi) is 8.72. The Morgan fingerprint density at radius 3 is 1.55 bits per heavy atom. The highest BCUT2D eigenvalue weighted by Gasteiger charge is 2.25. The summed E-state index contributed by atoms with van der Waals surface area (Å²) in [5.41, 5.74) is 1.71. The summed E-state index contributed by atoms with van der Waals surface area (Å²) in [7, 11) is 0. The normalized spacial score (nSPS) is 18.6. The Labute approximate surface area is 182 Å². The van der Waals surface area contributed by atoms with Gasteiger partial charge in [0.05, 0.1) is 0 Å². The molecular weight excluding hydrogens is 402 g/mol. The van der Waals surface area contributed by atoms with E-state index in [1.807, 2.05) is 13.8 Å². The lowest BCUT2D eigenvalue weighted by Crippen LogP contribution is -2.30. The Morgan fingerprint density at radius 2 is 1.19 bits per heavy atom. The molecule has 0 spiro atoms. The summed E-state index contributed by atoms with van der Waals surface area (Å²) in [5, 5.41) is 0. The number of hydrogen-bond donors (Lipinski definition) is 0. The van der Waals surface area contributed by atoms with Crippen molar-refractivity contribution in [1.82, 2.24) is 0 Å². The van der Waals surface area contributed by atoms with Crippen molar-refractivity contribution in [2.24, 2.45) is 0 Å². The third kappa shape index (κ3) is 6.12. The van der Waals surface area contributed by atoms with E-state index in [2.05, 4.69) is 0 Å². The molecule has 2 atom stereocenters. The average molecular weight is 433 g/mol. The molecule has 0 amide bonds. The van der Waals surface area contributed by atoms with Crippen LogP contribution >= 0.6 is 0 Å². The number of aryl methyl sites for hydroxylation is 2. The topological polar surface area (TPSA) is 52.6 Å². The molecule has 2 aliphatic rings. The van der Waals surface area contributed by atoms with Crippen molar-refractivity contribution in [2.45, 2.75) is 72.0 Å². The van der Waals surface area contributed by atoms with Crippen LogP contribution in [0.2, 0.25) is 0 Å². The fourth-order valence-corrected chi connectivity index (χ4v) is 3.62. The summed E-state index contributed by atoms with van der Waals surface area (Å²) >= 11 is 0. The second-order valence-electron chi connectivity index (χ2n) is 7.43. The van der Waals surface area contributed by atoms with Crippen LogP contribution in [0.3, 0.4) is 0 Å². The summed E-state index contributed by atoms with van der Waals surface area (Å²) in [5.74, 6) is 1.02. The van der Waals surface area contributed by atoms with E-state index in [0.29, 0.717) is 50.0 Å². The minimum absolute atomic E-state index is 0. The zero-order chi connectivity index (χ0) is 21.7. The van der Waals surface area contributed by atoms with E-state index in [1.165, 1.54) is 24.3 Å². The molecule has 0 aliphatic carbocycles. The lowest BCUT2D eigenvalue weighted by Gasteiger charge is -2.24. The smallest absolute Gasteiger partial charge is 0.173 e. The average Bonchev–Trinajstić information content (AvgIpc) is 2.77. The van der Waals surface area contributed by atoms with E-state index in [-0.39, 0.29) is 42.8 Å². The molecule has 0 saturated carbocycles. The van der Waals surface area contributed by atoms with Crippen LogP contribution in [0, 0.1) is 11.6 Å². The lowest BCUT2D eigenvalue weighted by atomic mass is 9.99. The SMILES string of the molecule is C.CCC(=O)[C@@H]1CCc2cc(F)ccc2O1.CCC(=O)[C@H]1CCc2cc(F)ccc2O1. The number of carbonyl (C=O) groups is 2. The van der Waals surface area contributed by atoms with Crippen LogP contribution in [0.5, 0.6) is 11.5 Å². The molecule has 0 bridgehead atoms. The molecule has 0 saturated heterocycles. The standard InChI is InChI=1S/2C12H13FO2.CH4/c2*1-2-10(14)12-5-3-8-7-9(13)4-6-11(8)15-12;/h2*4,6-7,12H,2-3,5H2,1H3;1H4/t2*12-;/m10./s1. The third-order valence-corrected chi connectivity index (χ3v) is 5.35. The number of ketones is 2. The molecular formula is C25H30F2O4. The number of fused-ring (bicyclic) bond motifs is 2. The van der Waals surface area contributed by atoms with Gasteiger partial charge in [0.1, 0.15) is 23.1 Å². The van der Waals surface area contributed by atoms with Gasteiger partial charge in [0.25, 0.3) is 0 Å². The van der Waals surface area contributed by atoms with Crippen molar-refractivity contribution in [3.05, 3.63) is 59.2 Å². The molecule has 4 rings (SSSR count). The summed E-state index contributed by atoms with van der Waals surface area (Å²) in [6, 6.07) is 8.86. The molecule has 2 heterocycles. The minimum Gasteiger partial charge on any atom is -0.482 e. The molecule has 168 valence electrons. The highest BCUT2D eigenvalue weighted by atomic mass is 19.1. The number of rotatable bonds is 4. The molecule has 0 fully saturated rings. The van der Waals surface area contributed by atoms with E-state index in [9.17, 15) is 18.4 Å². The number of ether oxygens (including phenoxy) is 2. The van der Waals surface area contributed by atoms with Gasteiger partial charge in [0.2, 0.25) is 0 Å². The van der Waals surface area contributed by atoms with Gasteiger partial charge in [-0.25, -0.2) is 8.78 Å². The van der Waals surface area contributed by atoms with Crippen LogP contribution in [-0.4, -0.2) is 23.8 Å². The first-order chi connectivity index (χ1) is 14.4. The molecule has 2 aromatic carbocycles. The van der Waals surface area contributed by atoms with E-state index in [1.54, 1.807) is 12.1 Å². The van der Waals surface area contributed by atoms with Crippen LogP contribution in [0.25, 0.3) is 0 Å². The first-order valence-corrected chi connectivity index (χ1v) is 10.4. The van der Waals surface area contributed by atoms with Crippen LogP contribution in [-0.2, 0) is 22.4 Å². The highest BCUT2D eigenvalue weighted by Crippen LogP contribution is 2.29. The number of benzene rings is 2. The number of hydrogen-bond acceptors (Lipinski definition) is 4. The first-order valence-electron chi connectivity index (χ1n) is 10.4. The second-order valence-corrected chi connectivity index (χ2v) is 7.43. The molecule has 0 aromatic heterocycles. The Bertz CT molecular complexity index is 850. The molecule has 2 aromatic rings. The van der Waals surface area contributed by atoms with E-state index in [0.717, 1.165) is 11.1 Å². The van der Waals surface area contributed by atoms with Crippen LogP contribution in [0.1, 0.15) is 58.1 Å². The van der Waals surface area contributed by atoms with Crippen molar-refractivity contribution in [3.8, 4) is 11.5 Å². The summed E-state index contributed by atoms with van der Waals surface area (Å²) in [6.45, 7) is 3.65. The molecule has 2 aliphatic heterocycles. The predicted octanol–water partition coefficient (Wildman–Crippen LogP) is 5.63. The van der Waals surface area contributed by atoms with Gasteiger partial charge in [-0.3, -0.25) is 9.59 Å². The van der Waals surface area contributed by atoms with Crippen molar-refractivity contribution in [3.63, 3.8) is 0 Å². The lowest BCUT2D eigenvalue weighted by molar-refractivity contribution is -0.126. The third-order valence-electron chi connectivity index (χ3n) is 5.35. The van der Waals surface area contributed by atoms with Gasteiger partial charge < -0.3 is 9.47 Å². The predicted molar refractivity (Wildman–Crippen MR) is 116 cm³/mol. The van der Waals surface area contributed by atoms with Gasteiger partial charge >= 0.3 is 0 Å². The van der Waals surface area contributed by atoms with Crippen molar-refractivity contribution >= 4 is 11.6 Å². The van der Waals surface area contributed by atoms with Gasteiger partial charge in [0.15, 0.2) is 23.8 Å². The molecule has 4 nitrogen and oxygen atoms in total. The summed E-state index contributed by atoms with van der Waals surface area (Å²) < 4.78 is 36.8. The minimum atomic E-state index is -0.340. The van der Waals surface area contributed by atoms with Gasteiger partial charge in [0, 0.05) is 12.8 Å². The maximum absolute atomic E-state index is 12.9. The van der Waals surface area contributed by atoms with Crippen molar-refractivity contribution < 1.29 is 27.8 Å². The summed E-state index contributed by atoms with van der Waals surface area (Å²) in [4.78, 5) is 22.9. The quantitative estimate of drug-likeness (QED) is 0.628. The Balaban J connectivity index is 0.000000213. The van der Waals surface area contributed by atoms with Crippen LogP contribution < -0.4 is 9.47 Å². The molecule has 0 N–H and O–H groups in total. The fraction of sp³-hybridized carbons (Fsp3) is 0.440.